The number of halogens is 3. The molecule has 0 N–H and O–H groups in total. The van der Waals surface area contributed by atoms with Gasteiger partial charge in [-0.15, -0.1) is 0 Å². The molecular formula is C17H14ClF2N3O4S2. The van der Waals surface area contributed by atoms with Crippen LogP contribution in [0.3, 0.4) is 0 Å². The van der Waals surface area contributed by atoms with E-state index in [4.69, 9.17) is 16.9 Å². The Morgan fingerprint density at radius 2 is 1.41 bits per heavy atom. The normalized spacial score (nSPS) is 16.5. The van der Waals surface area contributed by atoms with Gasteiger partial charge in [0.15, 0.2) is 0 Å². The van der Waals surface area contributed by atoms with Crippen molar-refractivity contribution in [1.82, 2.24) is 8.61 Å². The monoisotopic (exact) mass is 461 g/mol. The number of nitriles is 1. The van der Waals surface area contributed by atoms with Crippen molar-refractivity contribution in [3.8, 4) is 6.07 Å². The first-order chi connectivity index (χ1) is 13.6. The second-order valence-corrected chi connectivity index (χ2v) is 10.4. The van der Waals surface area contributed by atoms with Crippen LogP contribution >= 0.6 is 11.6 Å². The second kappa shape index (κ2) is 7.97. The van der Waals surface area contributed by atoms with Crippen molar-refractivity contribution in [2.45, 2.75) is 9.79 Å². The van der Waals surface area contributed by atoms with Gasteiger partial charge in [0.1, 0.15) is 27.5 Å². The molecule has 1 aliphatic heterocycles. The highest BCUT2D eigenvalue weighted by Gasteiger charge is 2.35. The van der Waals surface area contributed by atoms with Gasteiger partial charge in [-0.3, -0.25) is 0 Å². The number of hydrogen-bond acceptors (Lipinski definition) is 5. The lowest BCUT2D eigenvalue weighted by Crippen LogP contribution is -2.50. The van der Waals surface area contributed by atoms with Crippen molar-refractivity contribution in [3.63, 3.8) is 0 Å². The molecule has 154 valence electrons. The van der Waals surface area contributed by atoms with Crippen LogP contribution in [0.4, 0.5) is 8.78 Å². The van der Waals surface area contributed by atoms with Crippen molar-refractivity contribution in [1.29, 1.82) is 5.26 Å². The van der Waals surface area contributed by atoms with Gasteiger partial charge in [-0.1, -0.05) is 11.6 Å². The van der Waals surface area contributed by atoms with E-state index in [1.54, 1.807) is 6.07 Å². The Morgan fingerprint density at radius 3 is 1.93 bits per heavy atom. The second-order valence-electron chi connectivity index (χ2n) is 6.14. The highest BCUT2D eigenvalue weighted by Crippen LogP contribution is 2.26. The number of benzene rings is 2. The van der Waals surface area contributed by atoms with Crippen molar-refractivity contribution in [3.05, 3.63) is 58.6 Å². The molecule has 1 saturated heterocycles. The van der Waals surface area contributed by atoms with Crippen LogP contribution in [0.25, 0.3) is 0 Å². The summed E-state index contributed by atoms with van der Waals surface area (Å²) in [5.41, 5.74) is -0.0853. The molecule has 0 unspecified atom stereocenters. The molecule has 0 radical (unpaired) electrons. The molecular weight excluding hydrogens is 448 g/mol. The van der Waals surface area contributed by atoms with E-state index < -0.39 is 36.6 Å². The molecule has 1 heterocycles. The zero-order valence-electron chi connectivity index (χ0n) is 14.7. The summed E-state index contributed by atoms with van der Waals surface area (Å²) in [6.07, 6.45) is 0. The van der Waals surface area contributed by atoms with Crippen molar-refractivity contribution >= 4 is 31.6 Å². The van der Waals surface area contributed by atoms with Crippen molar-refractivity contribution in [2.24, 2.45) is 0 Å². The highest BCUT2D eigenvalue weighted by molar-refractivity contribution is 7.89. The number of nitrogens with zero attached hydrogens (tertiary/aromatic N) is 3. The van der Waals surface area contributed by atoms with E-state index in [-0.39, 0.29) is 41.7 Å². The molecule has 0 aromatic heterocycles. The summed E-state index contributed by atoms with van der Waals surface area (Å²) in [6, 6.07) is 7.75. The molecule has 2 aromatic rings. The molecule has 0 saturated carbocycles. The van der Waals surface area contributed by atoms with Gasteiger partial charge in [0.25, 0.3) is 0 Å². The molecule has 7 nitrogen and oxygen atoms in total. The van der Waals surface area contributed by atoms with Gasteiger partial charge in [-0.2, -0.15) is 13.9 Å². The minimum absolute atomic E-state index is 0.0853. The Balaban J connectivity index is 1.83. The molecule has 12 heteroatoms. The third kappa shape index (κ3) is 4.12. The number of rotatable bonds is 4. The quantitative estimate of drug-likeness (QED) is 0.695. The first kappa shape index (κ1) is 21.6. The third-order valence-electron chi connectivity index (χ3n) is 4.39. The Hall–Kier alpha value is -2.10. The molecule has 0 aliphatic carbocycles. The van der Waals surface area contributed by atoms with Crippen LogP contribution < -0.4 is 0 Å². The van der Waals surface area contributed by atoms with Crippen LogP contribution in [0.15, 0.2) is 46.2 Å². The lowest BCUT2D eigenvalue weighted by Gasteiger charge is -2.33. The number of sulfonamides is 2. The van der Waals surface area contributed by atoms with Gasteiger partial charge in [0.2, 0.25) is 20.0 Å². The molecule has 29 heavy (non-hydrogen) atoms. The van der Waals surface area contributed by atoms with Gasteiger partial charge in [-0.25, -0.2) is 25.6 Å². The zero-order valence-corrected chi connectivity index (χ0v) is 17.1. The fraction of sp³-hybridized carbons (Fsp3) is 0.235. The standard InChI is InChI=1S/C17H14ClF2N3O4S2/c18-13-2-1-12(11-21)17(9-13)29(26,27)23-7-5-22(6-8-23)28(24,25)16-4-3-14(19)10-15(16)20/h1-4,9-10H,5-8H2. The molecule has 1 aliphatic rings. The van der Waals surface area contributed by atoms with E-state index in [1.165, 1.54) is 12.1 Å². The van der Waals surface area contributed by atoms with Crippen LogP contribution in [-0.2, 0) is 20.0 Å². The number of hydrogen-bond donors (Lipinski definition) is 0. The van der Waals surface area contributed by atoms with E-state index in [2.05, 4.69) is 0 Å². The van der Waals surface area contributed by atoms with E-state index in [9.17, 15) is 25.6 Å². The van der Waals surface area contributed by atoms with Gasteiger partial charge >= 0.3 is 0 Å². The van der Waals surface area contributed by atoms with Crippen LogP contribution in [0.5, 0.6) is 0 Å². The van der Waals surface area contributed by atoms with E-state index in [1.807, 2.05) is 0 Å². The fourth-order valence-corrected chi connectivity index (χ4v) is 6.21. The highest BCUT2D eigenvalue weighted by atomic mass is 35.5. The van der Waals surface area contributed by atoms with Crippen LogP contribution in [-0.4, -0.2) is 51.6 Å². The number of piperazine rings is 1. The van der Waals surface area contributed by atoms with E-state index in [0.29, 0.717) is 6.07 Å². The maximum Gasteiger partial charge on any atom is 0.246 e. The van der Waals surface area contributed by atoms with Crippen LogP contribution in [0.2, 0.25) is 5.02 Å². The van der Waals surface area contributed by atoms with Gasteiger partial charge in [0.05, 0.1) is 5.56 Å². The van der Waals surface area contributed by atoms with Crippen molar-refractivity contribution in [2.75, 3.05) is 26.2 Å². The minimum atomic E-state index is -4.27. The van der Waals surface area contributed by atoms with Crippen LogP contribution in [0, 0.1) is 23.0 Å². The molecule has 3 rings (SSSR count). The van der Waals surface area contributed by atoms with E-state index >= 15 is 0 Å². The SMILES string of the molecule is N#Cc1ccc(Cl)cc1S(=O)(=O)N1CCN(S(=O)(=O)c2ccc(F)cc2F)CC1. The minimum Gasteiger partial charge on any atom is -0.207 e. The Bertz CT molecular complexity index is 1210. The lowest BCUT2D eigenvalue weighted by molar-refractivity contribution is 0.272. The first-order valence-corrected chi connectivity index (χ1v) is 11.5. The topological polar surface area (TPSA) is 98.5 Å². The third-order valence-corrected chi connectivity index (χ3v) is 8.50. The molecule has 2 aromatic carbocycles. The zero-order chi connectivity index (χ0) is 21.4. The molecule has 0 bridgehead atoms. The summed E-state index contributed by atoms with van der Waals surface area (Å²) < 4.78 is 80.0. The van der Waals surface area contributed by atoms with Gasteiger partial charge in [-0.05, 0) is 30.3 Å². The smallest absolute Gasteiger partial charge is 0.207 e. The fourth-order valence-electron chi connectivity index (χ4n) is 2.92. The summed E-state index contributed by atoms with van der Waals surface area (Å²) >= 11 is 5.85. The Morgan fingerprint density at radius 1 is 0.862 bits per heavy atom. The molecule has 0 amide bonds. The predicted octanol–water partition coefficient (Wildman–Crippen LogP) is 2.19. The van der Waals surface area contributed by atoms with Crippen molar-refractivity contribution < 1.29 is 25.6 Å². The Kier molecular flexibility index (Phi) is 5.93. The summed E-state index contributed by atoms with van der Waals surface area (Å²) in [6.45, 7) is -0.884. The molecule has 0 atom stereocenters. The maximum absolute atomic E-state index is 13.9. The summed E-state index contributed by atoms with van der Waals surface area (Å²) in [4.78, 5) is -0.954. The van der Waals surface area contributed by atoms with Crippen LogP contribution in [0.1, 0.15) is 5.56 Å². The summed E-state index contributed by atoms with van der Waals surface area (Å²) in [5, 5.41) is 9.30. The summed E-state index contributed by atoms with van der Waals surface area (Å²) in [5.74, 6) is -2.13. The maximum atomic E-state index is 13.9. The molecule has 0 spiro atoms. The molecule has 1 fully saturated rings. The van der Waals surface area contributed by atoms with Gasteiger partial charge < -0.3 is 0 Å². The first-order valence-electron chi connectivity index (χ1n) is 8.22. The summed E-state index contributed by atoms with van der Waals surface area (Å²) in [7, 11) is -8.36. The average molecular weight is 462 g/mol. The predicted molar refractivity (Wildman–Crippen MR) is 100 cm³/mol. The Labute approximate surface area is 171 Å². The average Bonchev–Trinajstić information content (AvgIpc) is 2.67. The van der Waals surface area contributed by atoms with E-state index in [0.717, 1.165) is 26.8 Å². The largest absolute Gasteiger partial charge is 0.246 e. The lowest BCUT2D eigenvalue weighted by atomic mass is 10.2. The van der Waals surface area contributed by atoms with Gasteiger partial charge in [0, 0.05) is 37.3 Å².